The van der Waals surface area contributed by atoms with Gasteiger partial charge in [-0.2, -0.15) is 0 Å². The van der Waals surface area contributed by atoms with Crippen molar-refractivity contribution in [3.05, 3.63) is 91.0 Å². The molecule has 0 heterocycles. The largest absolute Gasteiger partial charge is 0.507 e. The summed E-state index contributed by atoms with van der Waals surface area (Å²) in [5, 5.41) is 22.1. The molecule has 0 radical (unpaired) electrons. The van der Waals surface area contributed by atoms with Crippen LogP contribution in [-0.4, -0.2) is 10.2 Å². The highest BCUT2D eigenvalue weighted by Gasteiger charge is 2.19. The quantitative estimate of drug-likeness (QED) is 0.180. The summed E-state index contributed by atoms with van der Waals surface area (Å²) in [7, 11) is 0. The number of rotatable bonds is 16. The van der Waals surface area contributed by atoms with Crippen LogP contribution in [0.5, 0.6) is 11.5 Å². The first-order valence-corrected chi connectivity index (χ1v) is 16.9. The Hall–Kier alpha value is -2.74. The topological polar surface area (TPSA) is 40.5 Å². The zero-order valence-electron chi connectivity index (χ0n) is 28.1. The fourth-order valence-corrected chi connectivity index (χ4v) is 6.51. The van der Waals surface area contributed by atoms with E-state index in [1.165, 1.54) is 44.5 Å². The molecule has 230 valence electrons. The Morgan fingerprint density at radius 1 is 0.429 bits per heavy atom. The maximum atomic E-state index is 11.0. The van der Waals surface area contributed by atoms with Gasteiger partial charge in [-0.25, -0.2) is 0 Å². The summed E-state index contributed by atoms with van der Waals surface area (Å²) in [6.45, 7) is 18.1. The normalized spacial score (nSPS) is 11.4. The standard InChI is InChI=1S/C40H58O2/c1-9-13-17-33-21-31(22-34(39(33)41)18-14-10-2)25-37-27(5)29(7)38(30(8)28(37)6)26-32-23-35(19-15-11-3)40(42)36(24-32)20-16-12-4/h21-24,41-42H,9-20,25-26H2,1-8H3. The monoisotopic (exact) mass is 570 g/mol. The first kappa shape index (κ1) is 33.8. The molecule has 3 rings (SSSR count). The average molecular weight is 571 g/mol. The molecule has 0 aromatic heterocycles. The lowest BCUT2D eigenvalue weighted by atomic mass is 9.83. The van der Waals surface area contributed by atoms with Crippen LogP contribution in [0.25, 0.3) is 0 Å². The van der Waals surface area contributed by atoms with E-state index in [1.54, 1.807) is 0 Å². The van der Waals surface area contributed by atoms with Crippen molar-refractivity contribution < 1.29 is 10.2 Å². The van der Waals surface area contributed by atoms with Crippen molar-refractivity contribution in [2.45, 2.75) is 145 Å². The molecule has 0 amide bonds. The second-order valence-corrected chi connectivity index (χ2v) is 12.8. The highest BCUT2D eigenvalue weighted by molar-refractivity contribution is 5.55. The van der Waals surface area contributed by atoms with Gasteiger partial charge in [-0.15, -0.1) is 0 Å². The van der Waals surface area contributed by atoms with E-state index in [4.69, 9.17) is 0 Å². The summed E-state index contributed by atoms with van der Waals surface area (Å²) in [6.07, 6.45) is 14.5. The molecule has 0 saturated carbocycles. The summed E-state index contributed by atoms with van der Waals surface area (Å²) in [4.78, 5) is 0. The van der Waals surface area contributed by atoms with Gasteiger partial charge in [0.25, 0.3) is 0 Å². The van der Waals surface area contributed by atoms with E-state index < -0.39 is 0 Å². The van der Waals surface area contributed by atoms with Crippen molar-refractivity contribution in [2.24, 2.45) is 0 Å². The van der Waals surface area contributed by atoms with E-state index in [0.29, 0.717) is 11.5 Å². The van der Waals surface area contributed by atoms with Crippen molar-refractivity contribution in [3.8, 4) is 11.5 Å². The van der Waals surface area contributed by atoms with Gasteiger partial charge >= 0.3 is 0 Å². The number of hydrogen-bond donors (Lipinski definition) is 2. The second kappa shape index (κ2) is 16.2. The number of phenolic OH excluding ortho intramolecular Hbond substituents is 2. The van der Waals surface area contributed by atoms with Crippen molar-refractivity contribution in [1.82, 2.24) is 0 Å². The molecule has 0 spiro atoms. The molecule has 0 unspecified atom stereocenters. The molecule has 0 fully saturated rings. The van der Waals surface area contributed by atoms with Gasteiger partial charge in [-0.1, -0.05) is 77.6 Å². The second-order valence-electron chi connectivity index (χ2n) is 12.8. The zero-order valence-corrected chi connectivity index (χ0v) is 28.1. The Morgan fingerprint density at radius 3 is 0.881 bits per heavy atom. The minimum Gasteiger partial charge on any atom is -0.507 e. The number of benzene rings is 3. The molecule has 3 aromatic rings. The van der Waals surface area contributed by atoms with E-state index in [1.807, 2.05) is 0 Å². The Labute approximate surface area is 257 Å². The molecule has 0 aliphatic rings. The van der Waals surface area contributed by atoms with Crippen molar-refractivity contribution in [3.63, 3.8) is 0 Å². The third-order valence-electron chi connectivity index (χ3n) is 9.55. The lowest BCUT2D eigenvalue weighted by Gasteiger charge is -2.22. The summed E-state index contributed by atoms with van der Waals surface area (Å²) < 4.78 is 0. The fraction of sp³-hybridized carbons (Fsp3) is 0.550. The third kappa shape index (κ3) is 8.21. The molecule has 3 aromatic carbocycles. The van der Waals surface area contributed by atoms with Gasteiger partial charge in [0.15, 0.2) is 0 Å². The molecule has 42 heavy (non-hydrogen) atoms. The number of aryl methyl sites for hydroxylation is 4. The van der Waals surface area contributed by atoms with Crippen molar-refractivity contribution >= 4 is 0 Å². The number of phenols is 2. The number of unbranched alkanes of at least 4 members (excludes halogenated alkanes) is 4. The maximum Gasteiger partial charge on any atom is 0.121 e. The maximum absolute atomic E-state index is 11.0. The van der Waals surface area contributed by atoms with Crippen molar-refractivity contribution in [1.29, 1.82) is 0 Å². The van der Waals surface area contributed by atoms with Gasteiger partial charge in [0.1, 0.15) is 11.5 Å². The van der Waals surface area contributed by atoms with Crippen LogP contribution in [0.15, 0.2) is 24.3 Å². The molecule has 2 heteroatoms. The predicted octanol–water partition coefficient (Wildman–Crippen LogP) is 10.9. The Morgan fingerprint density at radius 2 is 0.667 bits per heavy atom. The van der Waals surface area contributed by atoms with E-state index in [2.05, 4.69) is 79.7 Å². The predicted molar refractivity (Wildman–Crippen MR) is 182 cm³/mol. The average Bonchev–Trinajstić information content (AvgIpc) is 2.98. The minimum absolute atomic E-state index is 0.530. The molecule has 0 aliphatic carbocycles. The van der Waals surface area contributed by atoms with Crippen LogP contribution in [-0.2, 0) is 38.5 Å². The third-order valence-corrected chi connectivity index (χ3v) is 9.55. The van der Waals surface area contributed by atoms with Crippen LogP contribution >= 0.6 is 0 Å². The first-order chi connectivity index (χ1) is 20.2. The molecule has 0 aliphatic heterocycles. The van der Waals surface area contributed by atoms with E-state index in [9.17, 15) is 10.2 Å². The van der Waals surface area contributed by atoms with Crippen LogP contribution in [0.3, 0.4) is 0 Å². The molecule has 2 nitrogen and oxygen atoms in total. The van der Waals surface area contributed by atoms with Crippen molar-refractivity contribution in [2.75, 3.05) is 0 Å². The molecule has 0 saturated heterocycles. The van der Waals surface area contributed by atoms with E-state index in [0.717, 1.165) is 112 Å². The Bertz CT molecular complexity index is 1140. The van der Waals surface area contributed by atoms with Crippen LogP contribution in [0.2, 0.25) is 0 Å². The smallest absolute Gasteiger partial charge is 0.121 e. The molecular weight excluding hydrogens is 512 g/mol. The van der Waals surface area contributed by atoms with Gasteiger partial charge in [0, 0.05) is 0 Å². The Balaban J connectivity index is 2.02. The van der Waals surface area contributed by atoms with Gasteiger partial charge in [-0.05, 0) is 159 Å². The molecular formula is C40H58O2. The molecule has 0 bridgehead atoms. The van der Waals surface area contributed by atoms with Crippen LogP contribution in [0.4, 0.5) is 0 Å². The molecule has 2 N–H and O–H groups in total. The number of aromatic hydroxyl groups is 2. The lowest BCUT2D eigenvalue weighted by Crippen LogP contribution is -2.08. The van der Waals surface area contributed by atoms with Gasteiger partial charge in [0.2, 0.25) is 0 Å². The van der Waals surface area contributed by atoms with Gasteiger partial charge in [0.05, 0.1) is 0 Å². The Kier molecular flexibility index (Phi) is 13.0. The zero-order chi connectivity index (χ0) is 30.8. The first-order valence-electron chi connectivity index (χ1n) is 16.9. The van der Waals surface area contributed by atoms with Crippen LogP contribution in [0.1, 0.15) is 146 Å². The summed E-state index contributed by atoms with van der Waals surface area (Å²) in [5.41, 5.74) is 15.5. The van der Waals surface area contributed by atoms with E-state index >= 15 is 0 Å². The summed E-state index contributed by atoms with van der Waals surface area (Å²) >= 11 is 0. The fourth-order valence-electron chi connectivity index (χ4n) is 6.51. The molecule has 0 atom stereocenters. The summed E-state index contributed by atoms with van der Waals surface area (Å²) in [5.74, 6) is 1.06. The highest BCUT2D eigenvalue weighted by Crippen LogP contribution is 2.35. The van der Waals surface area contributed by atoms with Crippen LogP contribution in [0, 0.1) is 27.7 Å². The summed E-state index contributed by atoms with van der Waals surface area (Å²) in [6, 6.07) is 9.07. The highest BCUT2D eigenvalue weighted by atomic mass is 16.3. The minimum atomic E-state index is 0.530. The van der Waals surface area contributed by atoms with E-state index in [-0.39, 0.29) is 0 Å². The number of hydrogen-bond acceptors (Lipinski definition) is 2. The van der Waals surface area contributed by atoms with Gasteiger partial charge < -0.3 is 10.2 Å². The van der Waals surface area contributed by atoms with Gasteiger partial charge in [-0.3, -0.25) is 0 Å². The van der Waals surface area contributed by atoms with Crippen LogP contribution < -0.4 is 0 Å². The lowest BCUT2D eigenvalue weighted by molar-refractivity contribution is 0.458. The SMILES string of the molecule is CCCCc1cc(Cc2c(C)c(C)c(Cc3cc(CCCC)c(O)c(CCCC)c3)c(C)c2C)cc(CCCC)c1O.